The summed E-state index contributed by atoms with van der Waals surface area (Å²) < 4.78 is 6.95. The van der Waals surface area contributed by atoms with Gasteiger partial charge in [-0.1, -0.05) is 13.8 Å². The van der Waals surface area contributed by atoms with Gasteiger partial charge in [0.15, 0.2) is 0 Å². The number of hydrogen-bond donors (Lipinski definition) is 0. The summed E-state index contributed by atoms with van der Waals surface area (Å²) in [5.41, 5.74) is 2.89. The molecule has 2 aromatic rings. The van der Waals surface area contributed by atoms with Crippen molar-refractivity contribution >= 4 is 46.4 Å². The SMILES string of the molecule is CCN(CC)CCOc1ccc2scnc2c1.Cl.Cl. The molecule has 0 fully saturated rings. The van der Waals surface area contributed by atoms with Crippen LogP contribution in [0.2, 0.25) is 0 Å². The molecule has 108 valence electrons. The van der Waals surface area contributed by atoms with Crippen LogP contribution in [0.1, 0.15) is 13.8 Å². The summed E-state index contributed by atoms with van der Waals surface area (Å²) >= 11 is 1.66. The van der Waals surface area contributed by atoms with E-state index in [1.807, 2.05) is 17.6 Å². The van der Waals surface area contributed by atoms with Crippen molar-refractivity contribution in [1.29, 1.82) is 0 Å². The van der Waals surface area contributed by atoms with E-state index in [0.717, 1.165) is 37.5 Å². The molecule has 0 aliphatic heterocycles. The molecule has 19 heavy (non-hydrogen) atoms. The summed E-state index contributed by atoms with van der Waals surface area (Å²) in [7, 11) is 0. The maximum Gasteiger partial charge on any atom is 0.121 e. The van der Waals surface area contributed by atoms with Crippen LogP contribution >= 0.6 is 36.2 Å². The molecule has 0 saturated heterocycles. The van der Waals surface area contributed by atoms with Crippen LogP contribution in [-0.4, -0.2) is 36.1 Å². The number of benzene rings is 1. The number of ether oxygens (including phenoxy) is 1. The fraction of sp³-hybridized carbons (Fsp3) is 0.462. The Kier molecular flexibility index (Phi) is 9.10. The van der Waals surface area contributed by atoms with Gasteiger partial charge in [-0.15, -0.1) is 36.2 Å². The molecule has 0 amide bonds. The van der Waals surface area contributed by atoms with Gasteiger partial charge in [0.05, 0.1) is 15.7 Å². The van der Waals surface area contributed by atoms with Gasteiger partial charge in [0.1, 0.15) is 12.4 Å². The monoisotopic (exact) mass is 322 g/mol. The van der Waals surface area contributed by atoms with Crippen LogP contribution in [0.5, 0.6) is 5.75 Å². The minimum Gasteiger partial charge on any atom is -0.492 e. The van der Waals surface area contributed by atoms with Gasteiger partial charge < -0.3 is 9.64 Å². The highest BCUT2D eigenvalue weighted by Crippen LogP contribution is 2.22. The third-order valence-electron chi connectivity index (χ3n) is 2.87. The first kappa shape index (κ1) is 18.4. The number of likely N-dealkylation sites (N-methyl/N-ethyl adjacent to an activating group) is 1. The van der Waals surface area contributed by atoms with Crippen LogP contribution in [0.4, 0.5) is 0 Å². The zero-order chi connectivity index (χ0) is 12.1. The highest BCUT2D eigenvalue weighted by Gasteiger charge is 2.01. The molecule has 0 aliphatic carbocycles. The molecule has 0 saturated carbocycles. The van der Waals surface area contributed by atoms with Crippen LogP contribution in [0.15, 0.2) is 23.7 Å². The van der Waals surface area contributed by atoms with Gasteiger partial charge in [0, 0.05) is 12.6 Å². The van der Waals surface area contributed by atoms with E-state index < -0.39 is 0 Å². The highest BCUT2D eigenvalue weighted by atomic mass is 35.5. The van der Waals surface area contributed by atoms with E-state index in [-0.39, 0.29) is 24.8 Å². The Morgan fingerprint density at radius 2 is 1.95 bits per heavy atom. The maximum absolute atomic E-state index is 5.74. The van der Waals surface area contributed by atoms with E-state index in [1.54, 1.807) is 11.3 Å². The Morgan fingerprint density at radius 3 is 2.63 bits per heavy atom. The summed E-state index contributed by atoms with van der Waals surface area (Å²) in [6.45, 7) is 8.20. The molecule has 1 aromatic carbocycles. The molecule has 6 heteroatoms. The predicted octanol–water partition coefficient (Wildman–Crippen LogP) is 3.86. The third-order valence-corrected chi connectivity index (χ3v) is 3.68. The lowest BCUT2D eigenvalue weighted by molar-refractivity contribution is 0.223. The van der Waals surface area contributed by atoms with Crippen LogP contribution in [0, 0.1) is 0 Å². The molecule has 3 nitrogen and oxygen atoms in total. The second-order valence-corrected chi connectivity index (χ2v) is 4.74. The second kappa shape index (κ2) is 9.37. The van der Waals surface area contributed by atoms with Gasteiger partial charge in [-0.05, 0) is 25.2 Å². The molecule has 1 heterocycles. The Bertz CT molecular complexity index is 474. The molecule has 0 aliphatic rings. The Labute approximate surface area is 130 Å². The molecule has 0 radical (unpaired) electrons. The lowest BCUT2D eigenvalue weighted by Crippen LogP contribution is -2.27. The van der Waals surface area contributed by atoms with Crippen molar-refractivity contribution in [1.82, 2.24) is 9.88 Å². The van der Waals surface area contributed by atoms with Crippen LogP contribution in [0.25, 0.3) is 10.2 Å². The van der Waals surface area contributed by atoms with E-state index >= 15 is 0 Å². The summed E-state index contributed by atoms with van der Waals surface area (Å²) in [6, 6.07) is 6.09. The van der Waals surface area contributed by atoms with Gasteiger partial charge in [-0.2, -0.15) is 0 Å². The smallest absolute Gasteiger partial charge is 0.121 e. The lowest BCUT2D eigenvalue weighted by Gasteiger charge is -2.17. The summed E-state index contributed by atoms with van der Waals surface area (Å²) in [6.07, 6.45) is 0. The van der Waals surface area contributed by atoms with Crippen molar-refractivity contribution in [2.75, 3.05) is 26.2 Å². The van der Waals surface area contributed by atoms with E-state index in [2.05, 4.69) is 29.8 Å². The van der Waals surface area contributed by atoms with Crippen molar-refractivity contribution in [3.05, 3.63) is 23.7 Å². The van der Waals surface area contributed by atoms with E-state index in [0.29, 0.717) is 0 Å². The predicted molar refractivity (Wildman–Crippen MR) is 87.4 cm³/mol. The first-order chi connectivity index (χ1) is 8.33. The van der Waals surface area contributed by atoms with Crippen LogP contribution < -0.4 is 4.74 Å². The average molecular weight is 323 g/mol. The lowest BCUT2D eigenvalue weighted by atomic mass is 10.3. The van der Waals surface area contributed by atoms with Gasteiger partial charge in [0.25, 0.3) is 0 Å². The standard InChI is InChI=1S/C13H18N2OS.2ClH/c1-3-15(4-2)7-8-16-11-5-6-13-12(9-11)14-10-17-13;;/h5-6,9-10H,3-4,7-8H2,1-2H3;2*1H. The van der Waals surface area contributed by atoms with Gasteiger partial charge >= 0.3 is 0 Å². The van der Waals surface area contributed by atoms with Crippen molar-refractivity contribution in [2.45, 2.75) is 13.8 Å². The first-order valence-corrected chi connectivity index (χ1v) is 6.90. The molecule has 2 rings (SSSR count). The van der Waals surface area contributed by atoms with Crippen molar-refractivity contribution in [2.24, 2.45) is 0 Å². The fourth-order valence-electron chi connectivity index (χ4n) is 1.76. The number of nitrogens with zero attached hydrogens (tertiary/aromatic N) is 2. The molecule has 1 aromatic heterocycles. The number of thiazole rings is 1. The number of hydrogen-bond acceptors (Lipinski definition) is 4. The summed E-state index contributed by atoms with van der Waals surface area (Å²) in [5.74, 6) is 0.913. The van der Waals surface area contributed by atoms with Gasteiger partial charge in [-0.25, -0.2) is 4.98 Å². The minimum absolute atomic E-state index is 0. The van der Waals surface area contributed by atoms with Crippen molar-refractivity contribution in [3.63, 3.8) is 0 Å². The number of halogens is 2. The molecule has 0 bridgehead atoms. The molecule has 0 atom stereocenters. The maximum atomic E-state index is 5.74. The van der Waals surface area contributed by atoms with Crippen molar-refractivity contribution < 1.29 is 4.74 Å². The van der Waals surface area contributed by atoms with E-state index in [1.165, 1.54) is 4.70 Å². The number of rotatable bonds is 6. The Morgan fingerprint density at radius 1 is 1.21 bits per heavy atom. The quantitative estimate of drug-likeness (QED) is 0.807. The van der Waals surface area contributed by atoms with Gasteiger partial charge in [0.2, 0.25) is 0 Å². The average Bonchev–Trinajstić information content (AvgIpc) is 2.82. The number of fused-ring (bicyclic) bond motifs is 1. The van der Waals surface area contributed by atoms with E-state index in [9.17, 15) is 0 Å². The number of aromatic nitrogens is 1. The van der Waals surface area contributed by atoms with Crippen LogP contribution in [0.3, 0.4) is 0 Å². The highest BCUT2D eigenvalue weighted by molar-refractivity contribution is 7.16. The summed E-state index contributed by atoms with van der Waals surface area (Å²) in [5, 5.41) is 0. The topological polar surface area (TPSA) is 25.4 Å². The molecule has 0 spiro atoms. The molecular weight excluding hydrogens is 303 g/mol. The zero-order valence-electron chi connectivity index (χ0n) is 11.2. The largest absolute Gasteiger partial charge is 0.492 e. The molecular formula is C13H20Cl2N2OS. The second-order valence-electron chi connectivity index (χ2n) is 3.86. The van der Waals surface area contributed by atoms with Gasteiger partial charge in [-0.3, -0.25) is 0 Å². The molecule has 0 unspecified atom stereocenters. The van der Waals surface area contributed by atoms with E-state index in [4.69, 9.17) is 4.74 Å². The van der Waals surface area contributed by atoms with Crippen molar-refractivity contribution in [3.8, 4) is 5.75 Å². The molecule has 0 N–H and O–H groups in total. The van der Waals surface area contributed by atoms with Crippen LogP contribution in [-0.2, 0) is 0 Å². The first-order valence-electron chi connectivity index (χ1n) is 6.02. The Hall–Kier alpha value is -0.550. The normalized spacial score (nSPS) is 10.1. The fourth-order valence-corrected chi connectivity index (χ4v) is 2.42. The Balaban J connectivity index is 0.00000162. The third kappa shape index (κ3) is 5.15. The minimum atomic E-state index is 0. The summed E-state index contributed by atoms with van der Waals surface area (Å²) in [4.78, 5) is 6.63. The zero-order valence-corrected chi connectivity index (χ0v) is 13.6.